The first-order valence-electron chi connectivity index (χ1n) is 5.83. The zero-order valence-corrected chi connectivity index (χ0v) is 9.82. The van der Waals surface area contributed by atoms with Crippen molar-refractivity contribution in [1.82, 2.24) is 0 Å². The van der Waals surface area contributed by atoms with Crippen molar-refractivity contribution < 1.29 is 27.1 Å². The first kappa shape index (κ1) is 14.0. The van der Waals surface area contributed by atoms with Crippen LogP contribution in [0.4, 0.5) is 22.0 Å². The van der Waals surface area contributed by atoms with E-state index in [9.17, 15) is 27.1 Å². The van der Waals surface area contributed by atoms with Crippen LogP contribution in [0.15, 0.2) is 11.6 Å². The summed E-state index contributed by atoms with van der Waals surface area (Å²) in [6.07, 6.45) is 2.34. The minimum Gasteiger partial charge on any atom is -0.384 e. The van der Waals surface area contributed by atoms with Gasteiger partial charge in [0.25, 0.3) is 0 Å². The van der Waals surface area contributed by atoms with E-state index in [1.807, 2.05) is 0 Å². The molecule has 2 rings (SSSR count). The number of halogens is 5. The highest BCUT2D eigenvalue weighted by Gasteiger charge is 2.31. The molecule has 0 aromatic heterocycles. The van der Waals surface area contributed by atoms with Gasteiger partial charge in [0.2, 0.25) is 5.82 Å². The van der Waals surface area contributed by atoms with Crippen LogP contribution in [0.2, 0.25) is 0 Å². The van der Waals surface area contributed by atoms with Crippen molar-refractivity contribution in [2.24, 2.45) is 0 Å². The van der Waals surface area contributed by atoms with Crippen LogP contribution in [0, 0.1) is 29.1 Å². The van der Waals surface area contributed by atoms with Gasteiger partial charge in [-0.05, 0) is 31.3 Å². The SMILES string of the molecule is OC(C1=CCCCC1)c1c(F)c(F)c(F)c(F)c1F. The molecule has 6 heteroatoms. The average Bonchev–Trinajstić information content (AvgIpc) is 2.44. The van der Waals surface area contributed by atoms with E-state index in [0.29, 0.717) is 19.3 Å². The second-order valence-electron chi connectivity index (χ2n) is 4.41. The fourth-order valence-corrected chi connectivity index (χ4v) is 2.16. The molecular formula is C13H11F5O. The quantitative estimate of drug-likeness (QED) is 0.376. The van der Waals surface area contributed by atoms with Gasteiger partial charge in [-0.3, -0.25) is 0 Å². The van der Waals surface area contributed by atoms with E-state index in [2.05, 4.69) is 0 Å². The molecule has 0 saturated carbocycles. The Hall–Kier alpha value is -1.43. The van der Waals surface area contributed by atoms with E-state index in [1.165, 1.54) is 0 Å². The lowest BCUT2D eigenvalue weighted by atomic mass is 9.91. The number of allylic oxidation sites excluding steroid dienone is 1. The highest BCUT2D eigenvalue weighted by Crippen LogP contribution is 2.34. The summed E-state index contributed by atoms with van der Waals surface area (Å²) < 4.78 is 66.0. The van der Waals surface area contributed by atoms with Crippen molar-refractivity contribution in [3.05, 3.63) is 46.3 Å². The Morgan fingerprint density at radius 2 is 1.37 bits per heavy atom. The third kappa shape index (κ3) is 2.36. The maximum Gasteiger partial charge on any atom is 0.200 e. The number of benzene rings is 1. The zero-order valence-electron chi connectivity index (χ0n) is 9.82. The van der Waals surface area contributed by atoms with Crippen LogP contribution < -0.4 is 0 Å². The highest BCUT2D eigenvalue weighted by atomic mass is 19.2. The molecular weight excluding hydrogens is 267 g/mol. The molecule has 1 aliphatic carbocycles. The molecule has 0 radical (unpaired) electrons. The lowest BCUT2D eigenvalue weighted by molar-refractivity contribution is 0.192. The van der Waals surface area contributed by atoms with Crippen molar-refractivity contribution in [3.8, 4) is 0 Å². The van der Waals surface area contributed by atoms with E-state index < -0.39 is 40.8 Å². The Morgan fingerprint density at radius 1 is 0.842 bits per heavy atom. The lowest BCUT2D eigenvalue weighted by Gasteiger charge is -2.20. The number of hydrogen-bond acceptors (Lipinski definition) is 1. The minimum absolute atomic E-state index is 0.287. The van der Waals surface area contributed by atoms with Gasteiger partial charge in [-0.2, -0.15) is 0 Å². The predicted octanol–water partition coefficient (Wildman–Crippen LogP) is 3.92. The molecule has 1 atom stereocenters. The normalized spacial score (nSPS) is 17.3. The fraction of sp³-hybridized carbons (Fsp3) is 0.385. The molecule has 1 aliphatic rings. The van der Waals surface area contributed by atoms with Gasteiger partial charge < -0.3 is 5.11 Å². The largest absolute Gasteiger partial charge is 0.384 e. The van der Waals surface area contributed by atoms with E-state index in [1.54, 1.807) is 6.08 Å². The average molecular weight is 278 g/mol. The van der Waals surface area contributed by atoms with E-state index in [4.69, 9.17) is 0 Å². The lowest BCUT2D eigenvalue weighted by Crippen LogP contribution is -2.14. The van der Waals surface area contributed by atoms with Gasteiger partial charge in [0.1, 0.15) is 6.10 Å². The molecule has 0 spiro atoms. The molecule has 0 fully saturated rings. The van der Waals surface area contributed by atoms with Gasteiger partial charge >= 0.3 is 0 Å². The Labute approximate surface area is 106 Å². The molecule has 1 aromatic rings. The predicted molar refractivity (Wildman–Crippen MR) is 57.7 cm³/mol. The molecule has 19 heavy (non-hydrogen) atoms. The van der Waals surface area contributed by atoms with Gasteiger partial charge in [-0.25, -0.2) is 22.0 Å². The van der Waals surface area contributed by atoms with Crippen molar-refractivity contribution in [3.63, 3.8) is 0 Å². The molecule has 0 aliphatic heterocycles. The van der Waals surface area contributed by atoms with Gasteiger partial charge in [0, 0.05) is 0 Å². The van der Waals surface area contributed by atoms with E-state index >= 15 is 0 Å². The van der Waals surface area contributed by atoms with Gasteiger partial charge in [0.05, 0.1) is 5.56 Å². The minimum atomic E-state index is -2.22. The molecule has 0 heterocycles. The topological polar surface area (TPSA) is 20.2 Å². The molecule has 0 saturated heterocycles. The van der Waals surface area contributed by atoms with Crippen molar-refractivity contribution in [1.29, 1.82) is 0 Å². The highest BCUT2D eigenvalue weighted by molar-refractivity contribution is 5.31. The second-order valence-corrected chi connectivity index (χ2v) is 4.41. The number of aliphatic hydroxyl groups is 1. The van der Waals surface area contributed by atoms with Gasteiger partial charge in [-0.15, -0.1) is 0 Å². The van der Waals surface area contributed by atoms with Crippen LogP contribution in [-0.2, 0) is 0 Å². The number of hydrogen-bond donors (Lipinski definition) is 1. The molecule has 1 unspecified atom stereocenters. The first-order valence-corrected chi connectivity index (χ1v) is 5.83. The summed E-state index contributed by atoms with van der Waals surface area (Å²) in [6.45, 7) is 0. The standard InChI is InChI=1S/C13H11F5O/c14-8-7(9(15)11(17)12(18)10(8)16)13(19)6-4-2-1-3-5-6/h4,13,19H,1-3,5H2. The number of aliphatic hydroxyl groups excluding tert-OH is 1. The van der Waals surface area contributed by atoms with Gasteiger partial charge in [-0.1, -0.05) is 6.08 Å². The van der Waals surface area contributed by atoms with Crippen LogP contribution >= 0.6 is 0 Å². The maximum absolute atomic E-state index is 13.5. The Morgan fingerprint density at radius 3 is 1.84 bits per heavy atom. The summed E-state index contributed by atoms with van der Waals surface area (Å²) in [6, 6.07) is 0. The van der Waals surface area contributed by atoms with Crippen molar-refractivity contribution in [2.45, 2.75) is 31.8 Å². The summed E-state index contributed by atoms with van der Waals surface area (Å²) in [5.41, 5.74) is -0.890. The fourth-order valence-electron chi connectivity index (χ4n) is 2.16. The first-order chi connectivity index (χ1) is 8.95. The van der Waals surface area contributed by atoms with Crippen LogP contribution in [0.5, 0.6) is 0 Å². The Kier molecular flexibility index (Phi) is 3.89. The number of rotatable bonds is 2. The van der Waals surface area contributed by atoms with Crippen LogP contribution in [0.1, 0.15) is 37.4 Å². The van der Waals surface area contributed by atoms with E-state index in [-0.39, 0.29) is 5.57 Å². The molecule has 1 aromatic carbocycles. The Balaban J connectivity index is 2.53. The zero-order chi connectivity index (χ0) is 14.2. The Bertz CT molecular complexity index is 509. The van der Waals surface area contributed by atoms with Crippen LogP contribution in [-0.4, -0.2) is 5.11 Å². The molecule has 1 nitrogen and oxygen atoms in total. The van der Waals surface area contributed by atoms with Crippen molar-refractivity contribution in [2.75, 3.05) is 0 Å². The molecule has 0 bridgehead atoms. The van der Waals surface area contributed by atoms with Gasteiger partial charge in [0.15, 0.2) is 23.3 Å². The summed E-state index contributed by atoms with van der Waals surface area (Å²) in [5, 5.41) is 9.84. The smallest absolute Gasteiger partial charge is 0.200 e. The van der Waals surface area contributed by atoms with Crippen LogP contribution in [0.25, 0.3) is 0 Å². The van der Waals surface area contributed by atoms with E-state index in [0.717, 1.165) is 6.42 Å². The summed E-state index contributed by atoms with van der Waals surface area (Å²) in [5.74, 6) is -10.2. The maximum atomic E-state index is 13.5. The molecule has 0 amide bonds. The summed E-state index contributed by atoms with van der Waals surface area (Å²) in [7, 11) is 0. The van der Waals surface area contributed by atoms with Crippen LogP contribution in [0.3, 0.4) is 0 Å². The third-order valence-electron chi connectivity index (χ3n) is 3.19. The summed E-state index contributed by atoms with van der Waals surface area (Å²) >= 11 is 0. The molecule has 104 valence electrons. The monoisotopic (exact) mass is 278 g/mol. The van der Waals surface area contributed by atoms with Crippen molar-refractivity contribution >= 4 is 0 Å². The second kappa shape index (κ2) is 5.28. The summed E-state index contributed by atoms with van der Waals surface area (Å²) in [4.78, 5) is 0. The molecule has 1 N–H and O–H groups in total. The third-order valence-corrected chi connectivity index (χ3v) is 3.19.